The Morgan fingerprint density at radius 1 is 1.04 bits per heavy atom. The van der Waals surface area contributed by atoms with Gasteiger partial charge in [0.2, 0.25) is 10.0 Å². The molecular weight excluding hydrogens is 405 g/mol. The van der Waals surface area contributed by atoms with Gasteiger partial charge in [0.1, 0.15) is 23.0 Å². The molecule has 146 valence electrons. The van der Waals surface area contributed by atoms with Crippen molar-refractivity contribution in [3.05, 3.63) is 76.8 Å². The Morgan fingerprint density at radius 3 is 2.50 bits per heavy atom. The molecule has 1 heterocycles. The van der Waals surface area contributed by atoms with Gasteiger partial charge >= 0.3 is 0 Å². The minimum Gasteiger partial charge on any atom is -0.382 e. The Labute approximate surface area is 166 Å². The van der Waals surface area contributed by atoms with Crippen molar-refractivity contribution in [1.29, 1.82) is 0 Å². The molecule has 7 nitrogen and oxygen atoms in total. The minimum atomic E-state index is -3.76. The van der Waals surface area contributed by atoms with Crippen molar-refractivity contribution in [2.75, 3.05) is 11.1 Å². The van der Waals surface area contributed by atoms with Crippen LogP contribution >= 0.6 is 11.6 Å². The molecule has 0 saturated carbocycles. The fourth-order valence-electron chi connectivity index (χ4n) is 2.42. The van der Waals surface area contributed by atoms with E-state index >= 15 is 0 Å². The van der Waals surface area contributed by atoms with E-state index in [4.69, 9.17) is 17.3 Å². The number of rotatable bonds is 7. The number of hydrogen-bond donors (Lipinski definition) is 3. The summed E-state index contributed by atoms with van der Waals surface area (Å²) in [6.45, 7) is 0.266. The maximum absolute atomic E-state index is 13.2. The third-order valence-electron chi connectivity index (χ3n) is 3.84. The average molecular weight is 422 g/mol. The summed E-state index contributed by atoms with van der Waals surface area (Å²) < 4.78 is 40.8. The summed E-state index contributed by atoms with van der Waals surface area (Å²) in [5.74, 6) is 0.0810. The number of hydrogen-bond acceptors (Lipinski definition) is 6. The zero-order valence-electron chi connectivity index (χ0n) is 14.6. The van der Waals surface area contributed by atoms with Crippen LogP contribution in [0, 0.1) is 5.82 Å². The van der Waals surface area contributed by atoms with Gasteiger partial charge in [0, 0.05) is 13.1 Å². The molecule has 0 amide bonds. The lowest BCUT2D eigenvalue weighted by Crippen LogP contribution is -2.23. The monoisotopic (exact) mass is 421 g/mol. The van der Waals surface area contributed by atoms with Crippen molar-refractivity contribution in [3.8, 4) is 0 Å². The van der Waals surface area contributed by atoms with Gasteiger partial charge in [0.15, 0.2) is 5.82 Å². The fourth-order valence-corrected chi connectivity index (χ4v) is 3.68. The van der Waals surface area contributed by atoms with E-state index in [2.05, 4.69) is 20.0 Å². The van der Waals surface area contributed by atoms with Crippen molar-refractivity contribution in [2.24, 2.45) is 0 Å². The van der Waals surface area contributed by atoms with E-state index in [0.29, 0.717) is 16.9 Å². The first kappa shape index (κ1) is 20.0. The Kier molecular flexibility index (Phi) is 6.08. The van der Waals surface area contributed by atoms with Crippen molar-refractivity contribution in [3.63, 3.8) is 0 Å². The average Bonchev–Trinajstić information content (AvgIpc) is 2.68. The Balaban J connectivity index is 1.70. The third kappa shape index (κ3) is 4.94. The Hall–Kier alpha value is -2.75. The van der Waals surface area contributed by atoms with Gasteiger partial charge in [-0.2, -0.15) is 0 Å². The lowest BCUT2D eigenvalue weighted by Gasteiger charge is -2.11. The standard InChI is InChI=1S/C18H17ClFN5O2S/c19-16-17(21)23-11-24-18(16)22-9-13-4-2-6-15(8-13)28(26,27)25-10-12-3-1-5-14(20)7-12/h1-8,11,25H,9-10H2,(H3,21,22,23,24). The SMILES string of the molecule is Nc1ncnc(NCc2cccc(S(=O)(=O)NCc3cccc(F)c3)c2)c1Cl. The van der Waals surface area contributed by atoms with Crippen LogP contribution in [0.3, 0.4) is 0 Å². The molecule has 0 radical (unpaired) electrons. The predicted octanol–water partition coefficient (Wildman–Crippen LogP) is 2.94. The molecule has 0 aliphatic heterocycles. The predicted molar refractivity (Wildman–Crippen MR) is 106 cm³/mol. The first-order valence-corrected chi connectivity index (χ1v) is 10.0. The molecule has 28 heavy (non-hydrogen) atoms. The van der Waals surface area contributed by atoms with Crippen LogP contribution < -0.4 is 15.8 Å². The van der Waals surface area contributed by atoms with Gasteiger partial charge in [-0.15, -0.1) is 0 Å². The van der Waals surface area contributed by atoms with E-state index in [9.17, 15) is 12.8 Å². The highest BCUT2D eigenvalue weighted by atomic mass is 35.5. The normalized spacial score (nSPS) is 11.4. The lowest BCUT2D eigenvalue weighted by atomic mass is 10.2. The zero-order valence-corrected chi connectivity index (χ0v) is 16.1. The van der Waals surface area contributed by atoms with Crippen LogP contribution in [-0.2, 0) is 23.1 Å². The van der Waals surface area contributed by atoms with Gasteiger partial charge in [-0.05, 0) is 35.4 Å². The summed E-state index contributed by atoms with van der Waals surface area (Å²) in [5.41, 5.74) is 6.85. The molecule has 3 rings (SSSR count). The van der Waals surface area contributed by atoms with Crippen LogP contribution in [0.2, 0.25) is 5.02 Å². The molecule has 0 aliphatic carbocycles. The van der Waals surface area contributed by atoms with E-state index < -0.39 is 15.8 Å². The maximum atomic E-state index is 13.2. The van der Waals surface area contributed by atoms with Crippen molar-refractivity contribution in [2.45, 2.75) is 18.0 Å². The molecule has 2 aromatic carbocycles. The molecule has 0 spiro atoms. The van der Waals surface area contributed by atoms with Gasteiger partial charge in [-0.1, -0.05) is 35.9 Å². The van der Waals surface area contributed by atoms with Gasteiger partial charge in [0.25, 0.3) is 0 Å². The van der Waals surface area contributed by atoms with Crippen molar-refractivity contribution < 1.29 is 12.8 Å². The van der Waals surface area contributed by atoms with Crippen LogP contribution in [0.15, 0.2) is 59.8 Å². The van der Waals surface area contributed by atoms with Crippen LogP contribution in [0.1, 0.15) is 11.1 Å². The van der Waals surface area contributed by atoms with E-state index in [0.717, 1.165) is 0 Å². The molecule has 4 N–H and O–H groups in total. The Bertz CT molecular complexity index is 1090. The fraction of sp³-hybridized carbons (Fsp3) is 0.111. The number of anilines is 2. The number of nitrogens with one attached hydrogen (secondary N) is 2. The number of nitrogens with zero attached hydrogens (tertiary/aromatic N) is 2. The topological polar surface area (TPSA) is 110 Å². The molecule has 3 aromatic rings. The second-order valence-electron chi connectivity index (χ2n) is 5.88. The molecule has 0 unspecified atom stereocenters. The van der Waals surface area contributed by atoms with Crippen LogP contribution in [-0.4, -0.2) is 18.4 Å². The maximum Gasteiger partial charge on any atom is 0.240 e. The summed E-state index contributed by atoms with van der Waals surface area (Å²) >= 11 is 6.03. The number of aromatic nitrogens is 2. The van der Waals surface area contributed by atoms with Crippen LogP contribution in [0.25, 0.3) is 0 Å². The van der Waals surface area contributed by atoms with Crippen molar-refractivity contribution >= 4 is 33.3 Å². The summed E-state index contributed by atoms with van der Waals surface area (Å²) in [4.78, 5) is 7.87. The first-order chi connectivity index (χ1) is 13.3. The number of nitrogens with two attached hydrogens (primary N) is 1. The molecule has 0 aliphatic rings. The van der Waals surface area contributed by atoms with E-state index in [1.807, 2.05) is 0 Å². The first-order valence-electron chi connectivity index (χ1n) is 8.18. The smallest absolute Gasteiger partial charge is 0.240 e. The summed E-state index contributed by atoms with van der Waals surface area (Å²) in [6.07, 6.45) is 1.28. The second-order valence-corrected chi connectivity index (χ2v) is 8.02. The molecule has 10 heteroatoms. The second kappa shape index (κ2) is 8.51. The number of nitrogen functional groups attached to an aromatic ring is 1. The summed E-state index contributed by atoms with van der Waals surface area (Å²) in [7, 11) is -3.76. The highest BCUT2D eigenvalue weighted by molar-refractivity contribution is 7.89. The van der Waals surface area contributed by atoms with Crippen LogP contribution in [0.4, 0.5) is 16.0 Å². The third-order valence-corrected chi connectivity index (χ3v) is 5.61. The lowest BCUT2D eigenvalue weighted by molar-refractivity contribution is 0.580. The number of benzene rings is 2. The van der Waals surface area contributed by atoms with Crippen LogP contribution in [0.5, 0.6) is 0 Å². The quantitative estimate of drug-likeness (QED) is 0.541. The van der Waals surface area contributed by atoms with Crippen molar-refractivity contribution in [1.82, 2.24) is 14.7 Å². The number of halogens is 2. The Morgan fingerprint density at radius 2 is 1.75 bits per heavy atom. The minimum absolute atomic E-state index is 0.0155. The van der Waals surface area contributed by atoms with E-state index in [1.165, 1.54) is 36.7 Å². The molecule has 1 aromatic heterocycles. The van der Waals surface area contributed by atoms with Gasteiger partial charge in [0.05, 0.1) is 4.90 Å². The van der Waals surface area contributed by atoms with Gasteiger partial charge in [-0.3, -0.25) is 0 Å². The molecule has 0 saturated heterocycles. The largest absolute Gasteiger partial charge is 0.382 e. The highest BCUT2D eigenvalue weighted by Crippen LogP contribution is 2.24. The van der Waals surface area contributed by atoms with E-state index in [-0.39, 0.29) is 28.8 Å². The number of sulfonamides is 1. The van der Waals surface area contributed by atoms with Gasteiger partial charge < -0.3 is 11.1 Å². The zero-order chi connectivity index (χ0) is 20.1. The van der Waals surface area contributed by atoms with E-state index in [1.54, 1.807) is 18.2 Å². The molecule has 0 atom stereocenters. The summed E-state index contributed by atoms with van der Waals surface area (Å²) in [6, 6.07) is 12.1. The molecular formula is C18H17ClFN5O2S. The molecule has 0 fully saturated rings. The highest BCUT2D eigenvalue weighted by Gasteiger charge is 2.14. The summed E-state index contributed by atoms with van der Waals surface area (Å²) in [5, 5.41) is 3.19. The van der Waals surface area contributed by atoms with Gasteiger partial charge in [-0.25, -0.2) is 27.5 Å². The molecule has 0 bridgehead atoms.